The number of halogens is 1. The van der Waals surface area contributed by atoms with Gasteiger partial charge in [0.25, 0.3) is 11.6 Å². The molecule has 1 aromatic rings. The summed E-state index contributed by atoms with van der Waals surface area (Å²) in [4.78, 5) is 37.6. The van der Waals surface area contributed by atoms with Gasteiger partial charge in [-0.1, -0.05) is 25.4 Å². The molecule has 1 saturated heterocycles. The van der Waals surface area contributed by atoms with Crippen LogP contribution in [0.25, 0.3) is 0 Å². The van der Waals surface area contributed by atoms with Crippen LogP contribution >= 0.6 is 11.6 Å². The highest BCUT2D eigenvalue weighted by Gasteiger charge is 2.37. The fraction of sp³-hybridized carbons (Fsp3) is 0.556. The molecular weight excluding hydrogens is 372 g/mol. The van der Waals surface area contributed by atoms with E-state index in [1.807, 2.05) is 20.8 Å². The van der Waals surface area contributed by atoms with Gasteiger partial charge in [-0.2, -0.15) is 0 Å². The standard InChI is InChI=1S/C18H25ClN4O4/c1-10(2)16(18(25)22-9-12(8-20)6-11(22)3)21-17(24)14-5-4-13(23(26)27)7-15(14)19/h4-5,7,10-12,16H,6,8-9,20H2,1-3H3,(H,21,24). The van der Waals surface area contributed by atoms with Gasteiger partial charge in [0.15, 0.2) is 0 Å². The molecule has 27 heavy (non-hydrogen) atoms. The van der Waals surface area contributed by atoms with Crippen LogP contribution in [-0.2, 0) is 4.79 Å². The number of rotatable bonds is 6. The minimum absolute atomic E-state index is 0.0330. The van der Waals surface area contributed by atoms with Gasteiger partial charge in [0.05, 0.1) is 15.5 Å². The minimum Gasteiger partial charge on any atom is -0.340 e. The molecule has 0 aliphatic carbocycles. The quantitative estimate of drug-likeness (QED) is 0.564. The summed E-state index contributed by atoms with van der Waals surface area (Å²) in [5, 5.41) is 13.5. The first-order chi connectivity index (χ1) is 12.6. The molecule has 0 aromatic heterocycles. The summed E-state index contributed by atoms with van der Waals surface area (Å²) in [6.07, 6.45) is 0.842. The minimum atomic E-state index is -0.720. The van der Waals surface area contributed by atoms with Gasteiger partial charge in [-0.25, -0.2) is 0 Å². The summed E-state index contributed by atoms with van der Waals surface area (Å²) in [6, 6.07) is 2.97. The lowest BCUT2D eigenvalue weighted by molar-refractivity contribution is -0.384. The van der Waals surface area contributed by atoms with E-state index >= 15 is 0 Å². The van der Waals surface area contributed by atoms with Crippen molar-refractivity contribution in [2.24, 2.45) is 17.6 Å². The third-order valence-corrected chi connectivity index (χ3v) is 5.22. The number of likely N-dealkylation sites (tertiary alicyclic amines) is 1. The molecule has 1 aliphatic rings. The Labute approximate surface area is 163 Å². The maximum Gasteiger partial charge on any atom is 0.270 e. The van der Waals surface area contributed by atoms with Gasteiger partial charge >= 0.3 is 0 Å². The lowest BCUT2D eigenvalue weighted by Crippen LogP contribution is -2.52. The Morgan fingerprint density at radius 2 is 2.11 bits per heavy atom. The van der Waals surface area contributed by atoms with E-state index in [0.717, 1.165) is 12.5 Å². The van der Waals surface area contributed by atoms with Gasteiger partial charge in [-0.15, -0.1) is 0 Å². The van der Waals surface area contributed by atoms with Gasteiger partial charge in [-0.3, -0.25) is 19.7 Å². The fourth-order valence-corrected chi connectivity index (χ4v) is 3.59. The molecule has 148 valence electrons. The largest absolute Gasteiger partial charge is 0.340 e. The van der Waals surface area contributed by atoms with Crippen LogP contribution < -0.4 is 11.1 Å². The van der Waals surface area contributed by atoms with Crippen LogP contribution in [-0.4, -0.2) is 46.8 Å². The highest BCUT2D eigenvalue weighted by atomic mass is 35.5. The number of nitrogens with zero attached hydrogens (tertiary/aromatic N) is 2. The summed E-state index contributed by atoms with van der Waals surface area (Å²) in [7, 11) is 0. The van der Waals surface area contributed by atoms with Gasteiger partial charge in [0.1, 0.15) is 6.04 Å². The number of carbonyl (C=O) groups is 2. The van der Waals surface area contributed by atoms with Crippen LogP contribution in [0.5, 0.6) is 0 Å². The molecule has 0 saturated carbocycles. The number of nitrogens with one attached hydrogen (secondary N) is 1. The van der Waals surface area contributed by atoms with Crippen LogP contribution in [0.4, 0.5) is 5.69 Å². The smallest absolute Gasteiger partial charge is 0.270 e. The van der Waals surface area contributed by atoms with Crippen molar-refractivity contribution in [3.63, 3.8) is 0 Å². The summed E-state index contributed by atoms with van der Waals surface area (Å²) < 4.78 is 0. The number of hydrogen-bond donors (Lipinski definition) is 2. The summed E-state index contributed by atoms with van der Waals surface area (Å²) in [5.74, 6) is -0.567. The van der Waals surface area contributed by atoms with E-state index in [2.05, 4.69) is 5.32 Å². The van der Waals surface area contributed by atoms with E-state index in [0.29, 0.717) is 13.1 Å². The van der Waals surface area contributed by atoms with E-state index in [1.165, 1.54) is 12.1 Å². The lowest BCUT2D eigenvalue weighted by atomic mass is 10.0. The lowest BCUT2D eigenvalue weighted by Gasteiger charge is -2.29. The Morgan fingerprint density at radius 3 is 2.59 bits per heavy atom. The Balaban J connectivity index is 2.17. The molecule has 0 bridgehead atoms. The number of hydrogen-bond acceptors (Lipinski definition) is 5. The zero-order chi connectivity index (χ0) is 20.3. The van der Waals surface area contributed by atoms with E-state index in [-0.39, 0.29) is 40.1 Å². The average Bonchev–Trinajstić information content (AvgIpc) is 2.99. The predicted octanol–water partition coefficient (Wildman–Crippen LogP) is 2.20. The molecule has 8 nitrogen and oxygen atoms in total. The Kier molecular flexibility index (Phi) is 6.78. The molecule has 2 amide bonds. The van der Waals surface area contributed by atoms with E-state index in [4.69, 9.17) is 17.3 Å². The third-order valence-electron chi connectivity index (χ3n) is 4.91. The molecule has 3 N–H and O–H groups in total. The molecule has 0 spiro atoms. The molecule has 2 rings (SSSR count). The van der Waals surface area contributed by atoms with Crippen LogP contribution in [0, 0.1) is 22.0 Å². The van der Waals surface area contributed by atoms with Crippen molar-refractivity contribution in [1.29, 1.82) is 0 Å². The van der Waals surface area contributed by atoms with Crippen LogP contribution in [0.15, 0.2) is 18.2 Å². The van der Waals surface area contributed by atoms with Crippen molar-refractivity contribution in [2.45, 2.75) is 39.3 Å². The molecule has 3 unspecified atom stereocenters. The second-order valence-corrected chi connectivity index (χ2v) is 7.70. The Morgan fingerprint density at radius 1 is 1.44 bits per heavy atom. The van der Waals surface area contributed by atoms with E-state index in [9.17, 15) is 19.7 Å². The third kappa shape index (κ3) is 4.75. The van der Waals surface area contributed by atoms with Crippen molar-refractivity contribution < 1.29 is 14.5 Å². The van der Waals surface area contributed by atoms with E-state index < -0.39 is 16.9 Å². The fourth-order valence-electron chi connectivity index (χ4n) is 3.33. The number of non-ortho nitro benzene ring substituents is 1. The monoisotopic (exact) mass is 396 g/mol. The predicted molar refractivity (Wildman–Crippen MR) is 103 cm³/mol. The number of benzene rings is 1. The maximum absolute atomic E-state index is 13.0. The SMILES string of the molecule is CC(C)C(NC(=O)c1ccc([N+](=O)[O-])cc1Cl)C(=O)N1CC(CN)CC1C. The molecule has 0 radical (unpaired) electrons. The first-order valence-electron chi connectivity index (χ1n) is 8.91. The number of carbonyl (C=O) groups excluding carboxylic acids is 2. The second kappa shape index (κ2) is 8.67. The summed E-state index contributed by atoms with van der Waals surface area (Å²) in [6.45, 7) is 6.77. The highest BCUT2D eigenvalue weighted by molar-refractivity contribution is 6.34. The molecule has 1 heterocycles. The average molecular weight is 397 g/mol. The molecule has 1 fully saturated rings. The molecule has 3 atom stereocenters. The zero-order valence-electron chi connectivity index (χ0n) is 15.6. The second-order valence-electron chi connectivity index (χ2n) is 7.29. The topological polar surface area (TPSA) is 119 Å². The number of nitro benzene ring substituents is 1. The van der Waals surface area contributed by atoms with Gasteiger partial charge in [0.2, 0.25) is 5.91 Å². The zero-order valence-corrected chi connectivity index (χ0v) is 16.4. The van der Waals surface area contributed by atoms with Crippen molar-refractivity contribution in [1.82, 2.24) is 10.2 Å². The summed E-state index contributed by atoms with van der Waals surface area (Å²) >= 11 is 6.02. The first kappa shape index (κ1) is 21.1. The highest BCUT2D eigenvalue weighted by Crippen LogP contribution is 2.25. The van der Waals surface area contributed by atoms with Crippen LogP contribution in [0.2, 0.25) is 5.02 Å². The summed E-state index contributed by atoms with van der Waals surface area (Å²) in [5.41, 5.74) is 5.62. The van der Waals surface area contributed by atoms with Gasteiger partial charge in [-0.05, 0) is 37.8 Å². The van der Waals surface area contributed by atoms with Crippen LogP contribution in [0.3, 0.4) is 0 Å². The molecule has 9 heteroatoms. The Bertz CT molecular complexity index is 740. The van der Waals surface area contributed by atoms with Gasteiger partial charge in [0, 0.05) is 24.7 Å². The van der Waals surface area contributed by atoms with E-state index in [1.54, 1.807) is 4.90 Å². The van der Waals surface area contributed by atoms with Crippen molar-refractivity contribution in [3.05, 3.63) is 38.9 Å². The first-order valence-corrected chi connectivity index (χ1v) is 9.28. The van der Waals surface area contributed by atoms with Crippen molar-refractivity contribution in [3.8, 4) is 0 Å². The normalized spacial score (nSPS) is 20.6. The molecular formula is C18H25ClN4O4. The van der Waals surface area contributed by atoms with Crippen LogP contribution in [0.1, 0.15) is 37.6 Å². The number of nitrogens with two attached hydrogens (primary N) is 1. The van der Waals surface area contributed by atoms with Crippen molar-refractivity contribution >= 4 is 29.1 Å². The number of amides is 2. The maximum atomic E-state index is 13.0. The molecule has 1 aliphatic heterocycles. The number of nitro groups is 1. The molecule has 1 aromatic carbocycles. The van der Waals surface area contributed by atoms with Gasteiger partial charge < -0.3 is 16.0 Å². The van der Waals surface area contributed by atoms with Crippen molar-refractivity contribution in [2.75, 3.05) is 13.1 Å². The Hall–Kier alpha value is -2.19.